The lowest BCUT2D eigenvalue weighted by molar-refractivity contribution is 0.0524. The third-order valence-corrected chi connectivity index (χ3v) is 3.77. The molecule has 0 radical (unpaired) electrons. The molecule has 2 aromatic rings. The van der Waals surface area contributed by atoms with Crippen molar-refractivity contribution in [3.05, 3.63) is 46.8 Å². The summed E-state index contributed by atoms with van der Waals surface area (Å²) >= 11 is 0. The molecule has 0 amide bonds. The number of aryl methyl sites for hydroxylation is 1. The Balaban J connectivity index is 2.63. The van der Waals surface area contributed by atoms with E-state index in [1.54, 1.807) is 38.3 Å². The molecular formula is C18H21NO5. The number of carbonyl (C=O) groups is 2. The van der Waals surface area contributed by atoms with Gasteiger partial charge in [-0.25, -0.2) is 9.59 Å². The molecule has 0 aliphatic carbocycles. The molecule has 0 unspecified atom stereocenters. The van der Waals surface area contributed by atoms with E-state index in [9.17, 15) is 9.59 Å². The highest BCUT2D eigenvalue weighted by molar-refractivity contribution is 5.92. The molecule has 128 valence electrons. The molecule has 0 aliphatic heterocycles. The Morgan fingerprint density at radius 2 is 1.79 bits per heavy atom. The van der Waals surface area contributed by atoms with E-state index in [1.807, 2.05) is 18.4 Å². The molecule has 0 N–H and O–H groups in total. The summed E-state index contributed by atoms with van der Waals surface area (Å²) < 4.78 is 17.1. The SMILES string of the molecule is CCOC(=O)c1cc(C)n(-c2cc(C(=O)OC)ccc2OC)c1C. The molecule has 0 spiro atoms. The van der Waals surface area contributed by atoms with Crippen LogP contribution < -0.4 is 4.74 Å². The van der Waals surface area contributed by atoms with Crippen LogP contribution in [-0.2, 0) is 9.47 Å². The van der Waals surface area contributed by atoms with Crippen LogP contribution in [0.15, 0.2) is 24.3 Å². The zero-order valence-corrected chi connectivity index (χ0v) is 14.5. The molecule has 6 heteroatoms. The summed E-state index contributed by atoms with van der Waals surface area (Å²) in [7, 11) is 2.88. The van der Waals surface area contributed by atoms with Gasteiger partial charge in [-0.05, 0) is 45.0 Å². The molecule has 0 aliphatic rings. The lowest BCUT2D eigenvalue weighted by Gasteiger charge is -2.15. The lowest BCUT2D eigenvalue weighted by atomic mass is 10.1. The van der Waals surface area contributed by atoms with Gasteiger partial charge in [-0.2, -0.15) is 0 Å². The van der Waals surface area contributed by atoms with Gasteiger partial charge in [-0.15, -0.1) is 0 Å². The van der Waals surface area contributed by atoms with Crippen LogP contribution in [0.1, 0.15) is 39.0 Å². The fourth-order valence-corrected chi connectivity index (χ4v) is 2.66. The van der Waals surface area contributed by atoms with Crippen LogP contribution in [0.5, 0.6) is 5.75 Å². The van der Waals surface area contributed by atoms with Crippen LogP contribution in [0.3, 0.4) is 0 Å². The van der Waals surface area contributed by atoms with E-state index in [2.05, 4.69) is 0 Å². The van der Waals surface area contributed by atoms with Crippen molar-refractivity contribution in [1.82, 2.24) is 4.57 Å². The summed E-state index contributed by atoms with van der Waals surface area (Å²) in [6.07, 6.45) is 0. The molecule has 0 atom stereocenters. The third-order valence-electron chi connectivity index (χ3n) is 3.77. The zero-order chi connectivity index (χ0) is 17.9. The van der Waals surface area contributed by atoms with Crippen molar-refractivity contribution in [2.75, 3.05) is 20.8 Å². The van der Waals surface area contributed by atoms with Crippen molar-refractivity contribution >= 4 is 11.9 Å². The second kappa shape index (κ2) is 7.21. The molecule has 1 heterocycles. The van der Waals surface area contributed by atoms with Gasteiger partial charge in [0.15, 0.2) is 0 Å². The first-order valence-electron chi connectivity index (χ1n) is 7.57. The number of esters is 2. The number of rotatable bonds is 5. The van der Waals surface area contributed by atoms with Gasteiger partial charge < -0.3 is 18.8 Å². The second-order valence-corrected chi connectivity index (χ2v) is 5.22. The van der Waals surface area contributed by atoms with Gasteiger partial charge in [-0.1, -0.05) is 0 Å². The fourth-order valence-electron chi connectivity index (χ4n) is 2.66. The number of benzene rings is 1. The van der Waals surface area contributed by atoms with Gasteiger partial charge >= 0.3 is 11.9 Å². The Morgan fingerprint density at radius 3 is 2.38 bits per heavy atom. The lowest BCUT2D eigenvalue weighted by Crippen LogP contribution is -2.09. The Bertz CT molecular complexity index is 776. The maximum absolute atomic E-state index is 12.1. The van der Waals surface area contributed by atoms with Crippen molar-refractivity contribution in [3.8, 4) is 11.4 Å². The average molecular weight is 331 g/mol. The standard InChI is InChI=1S/C18H21NO5/c1-6-24-18(21)14-9-11(2)19(12(14)3)15-10-13(17(20)23-5)7-8-16(15)22-4/h7-10H,6H2,1-5H3. The Kier molecular flexibility index (Phi) is 5.28. The average Bonchev–Trinajstić information content (AvgIpc) is 2.88. The van der Waals surface area contributed by atoms with Crippen LogP contribution in [0, 0.1) is 13.8 Å². The number of hydrogen-bond acceptors (Lipinski definition) is 5. The number of ether oxygens (including phenoxy) is 3. The van der Waals surface area contributed by atoms with Crippen LogP contribution in [-0.4, -0.2) is 37.3 Å². The number of nitrogens with zero attached hydrogens (tertiary/aromatic N) is 1. The van der Waals surface area contributed by atoms with Gasteiger partial charge in [0.25, 0.3) is 0 Å². The molecule has 0 saturated heterocycles. The van der Waals surface area contributed by atoms with Crippen molar-refractivity contribution < 1.29 is 23.8 Å². The third kappa shape index (κ3) is 3.13. The highest BCUT2D eigenvalue weighted by Crippen LogP contribution is 2.29. The summed E-state index contributed by atoms with van der Waals surface area (Å²) in [6, 6.07) is 6.77. The van der Waals surface area contributed by atoms with Crippen LogP contribution in [0.2, 0.25) is 0 Å². The van der Waals surface area contributed by atoms with E-state index in [-0.39, 0.29) is 5.97 Å². The van der Waals surface area contributed by atoms with E-state index in [1.165, 1.54) is 7.11 Å². The first-order chi connectivity index (χ1) is 11.4. The first-order valence-corrected chi connectivity index (χ1v) is 7.57. The summed E-state index contributed by atoms with van der Waals surface area (Å²) in [4.78, 5) is 23.9. The van der Waals surface area contributed by atoms with Crippen molar-refractivity contribution in [1.29, 1.82) is 0 Å². The number of hydrogen-bond donors (Lipinski definition) is 0. The van der Waals surface area contributed by atoms with Crippen LogP contribution in [0.25, 0.3) is 5.69 Å². The molecule has 2 rings (SSSR count). The minimum Gasteiger partial charge on any atom is -0.495 e. The molecule has 1 aromatic heterocycles. The van der Waals surface area contributed by atoms with E-state index >= 15 is 0 Å². The van der Waals surface area contributed by atoms with E-state index in [0.717, 1.165) is 5.69 Å². The topological polar surface area (TPSA) is 66.8 Å². The predicted octanol–water partition coefficient (Wildman–Crippen LogP) is 3.07. The van der Waals surface area contributed by atoms with Gasteiger partial charge in [0.1, 0.15) is 5.75 Å². The van der Waals surface area contributed by atoms with Crippen molar-refractivity contribution in [2.24, 2.45) is 0 Å². The van der Waals surface area contributed by atoms with E-state index in [0.29, 0.717) is 34.9 Å². The van der Waals surface area contributed by atoms with E-state index < -0.39 is 5.97 Å². The van der Waals surface area contributed by atoms with Gasteiger partial charge in [0, 0.05) is 11.4 Å². The molecule has 1 aromatic carbocycles. The smallest absolute Gasteiger partial charge is 0.339 e. The van der Waals surface area contributed by atoms with Crippen molar-refractivity contribution in [3.63, 3.8) is 0 Å². The number of methoxy groups -OCH3 is 2. The Labute approximate surface area is 140 Å². The molecular weight excluding hydrogens is 310 g/mol. The highest BCUT2D eigenvalue weighted by atomic mass is 16.5. The minimum atomic E-state index is -0.438. The fraction of sp³-hybridized carbons (Fsp3) is 0.333. The number of carbonyl (C=O) groups excluding carboxylic acids is 2. The predicted molar refractivity (Wildman–Crippen MR) is 89.1 cm³/mol. The Hall–Kier alpha value is -2.76. The zero-order valence-electron chi connectivity index (χ0n) is 14.5. The monoisotopic (exact) mass is 331 g/mol. The summed E-state index contributed by atoms with van der Waals surface area (Å²) in [6.45, 7) is 5.77. The minimum absolute atomic E-state index is 0.309. The normalized spacial score (nSPS) is 10.4. The summed E-state index contributed by atoms with van der Waals surface area (Å²) in [5.41, 5.74) is 3.09. The quantitative estimate of drug-likeness (QED) is 0.788. The van der Waals surface area contributed by atoms with Gasteiger partial charge in [0.05, 0.1) is 37.6 Å². The molecule has 0 saturated carbocycles. The van der Waals surface area contributed by atoms with Crippen LogP contribution >= 0.6 is 0 Å². The van der Waals surface area contributed by atoms with Gasteiger partial charge in [-0.3, -0.25) is 0 Å². The highest BCUT2D eigenvalue weighted by Gasteiger charge is 2.20. The summed E-state index contributed by atoms with van der Waals surface area (Å²) in [5.74, 6) is -0.230. The first kappa shape index (κ1) is 17.6. The van der Waals surface area contributed by atoms with E-state index in [4.69, 9.17) is 14.2 Å². The Morgan fingerprint density at radius 1 is 1.08 bits per heavy atom. The number of aromatic nitrogens is 1. The molecule has 24 heavy (non-hydrogen) atoms. The maximum atomic E-state index is 12.1. The maximum Gasteiger partial charge on any atom is 0.339 e. The van der Waals surface area contributed by atoms with Crippen molar-refractivity contribution in [2.45, 2.75) is 20.8 Å². The second-order valence-electron chi connectivity index (χ2n) is 5.22. The molecule has 6 nitrogen and oxygen atoms in total. The van der Waals surface area contributed by atoms with Gasteiger partial charge in [0.2, 0.25) is 0 Å². The molecule has 0 bridgehead atoms. The van der Waals surface area contributed by atoms with Crippen LogP contribution in [0.4, 0.5) is 0 Å². The largest absolute Gasteiger partial charge is 0.495 e. The summed E-state index contributed by atoms with van der Waals surface area (Å²) in [5, 5.41) is 0. The molecule has 0 fully saturated rings.